The van der Waals surface area contributed by atoms with E-state index in [2.05, 4.69) is 13.8 Å². The van der Waals surface area contributed by atoms with E-state index in [1.165, 1.54) is 19.3 Å². The SMILES string of the molecule is CC.CCCC(C)(C)C(=O)OC1(C)CCCCC1. The summed E-state index contributed by atoms with van der Waals surface area (Å²) >= 11 is 0. The molecule has 2 nitrogen and oxygen atoms in total. The summed E-state index contributed by atoms with van der Waals surface area (Å²) in [6.45, 7) is 12.2. The Morgan fingerprint density at radius 1 is 1.17 bits per heavy atom. The summed E-state index contributed by atoms with van der Waals surface area (Å²) in [6.07, 6.45) is 7.66. The molecule has 1 aliphatic carbocycles. The van der Waals surface area contributed by atoms with Gasteiger partial charge in [0.2, 0.25) is 0 Å². The third-order valence-corrected chi connectivity index (χ3v) is 3.68. The van der Waals surface area contributed by atoms with Crippen LogP contribution in [0.5, 0.6) is 0 Å². The first kappa shape index (κ1) is 17.5. The Hall–Kier alpha value is -0.530. The molecule has 0 atom stereocenters. The van der Waals surface area contributed by atoms with E-state index in [9.17, 15) is 4.79 Å². The third kappa shape index (κ3) is 5.41. The van der Waals surface area contributed by atoms with Gasteiger partial charge in [0.25, 0.3) is 0 Å². The van der Waals surface area contributed by atoms with Gasteiger partial charge in [-0.2, -0.15) is 0 Å². The Morgan fingerprint density at radius 2 is 1.67 bits per heavy atom. The molecule has 18 heavy (non-hydrogen) atoms. The van der Waals surface area contributed by atoms with Gasteiger partial charge < -0.3 is 4.74 Å². The van der Waals surface area contributed by atoms with Crippen LogP contribution in [-0.2, 0) is 9.53 Å². The highest BCUT2D eigenvalue weighted by Gasteiger charge is 2.36. The molecule has 0 aliphatic heterocycles. The quantitative estimate of drug-likeness (QED) is 0.654. The van der Waals surface area contributed by atoms with Gasteiger partial charge in [0.1, 0.15) is 5.60 Å². The minimum absolute atomic E-state index is 0.0150. The van der Waals surface area contributed by atoms with Gasteiger partial charge in [-0.05, 0) is 52.9 Å². The van der Waals surface area contributed by atoms with Crippen molar-refractivity contribution in [2.75, 3.05) is 0 Å². The van der Waals surface area contributed by atoms with E-state index in [0.717, 1.165) is 25.7 Å². The first-order valence-corrected chi connectivity index (χ1v) is 7.63. The second-order valence-corrected chi connectivity index (χ2v) is 6.03. The van der Waals surface area contributed by atoms with E-state index in [1.807, 2.05) is 27.7 Å². The summed E-state index contributed by atoms with van der Waals surface area (Å²) in [5.41, 5.74) is -0.518. The van der Waals surface area contributed by atoms with E-state index in [-0.39, 0.29) is 17.0 Å². The summed E-state index contributed by atoms with van der Waals surface area (Å²) in [6, 6.07) is 0. The largest absolute Gasteiger partial charge is 0.459 e. The van der Waals surface area contributed by atoms with Crippen LogP contribution in [0.1, 0.15) is 86.5 Å². The molecule has 0 spiro atoms. The molecule has 0 N–H and O–H groups in total. The summed E-state index contributed by atoms with van der Waals surface area (Å²) < 4.78 is 5.76. The van der Waals surface area contributed by atoms with E-state index < -0.39 is 0 Å². The summed E-state index contributed by atoms with van der Waals surface area (Å²) in [7, 11) is 0. The lowest BCUT2D eigenvalue weighted by Gasteiger charge is -2.36. The Morgan fingerprint density at radius 3 is 2.11 bits per heavy atom. The second kappa shape index (κ2) is 7.81. The number of rotatable bonds is 4. The fourth-order valence-corrected chi connectivity index (χ4v) is 2.49. The summed E-state index contributed by atoms with van der Waals surface area (Å²) in [5, 5.41) is 0. The molecule has 0 amide bonds. The molecule has 1 aliphatic rings. The molecule has 108 valence electrons. The fraction of sp³-hybridized carbons (Fsp3) is 0.938. The van der Waals surface area contributed by atoms with Crippen molar-refractivity contribution < 1.29 is 9.53 Å². The predicted molar refractivity (Wildman–Crippen MR) is 77.6 cm³/mol. The van der Waals surface area contributed by atoms with E-state index >= 15 is 0 Å². The standard InChI is InChI=1S/C14H26O2.C2H6/c1-5-9-13(2,3)12(15)16-14(4)10-7-6-8-11-14;1-2/h5-11H2,1-4H3;1-2H3. The van der Waals surface area contributed by atoms with Gasteiger partial charge in [-0.1, -0.05) is 33.6 Å². The van der Waals surface area contributed by atoms with Gasteiger partial charge in [-0.3, -0.25) is 4.79 Å². The smallest absolute Gasteiger partial charge is 0.312 e. The Balaban J connectivity index is 0.00000137. The predicted octanol–water partition coefficient (Wildman–Crippen LogP) is 5.10. The van der Waals surface area contributed by atoms with Gasteiger partial charge in [0, 0.05) is 0 Å². The van der Waals surface area contributed by atoms with Crippen LogP contribution in [0.15, 0.2) is 0 Å². The number of carbonyl (C=O) groups is 1. The number of ether oxygens (including phenoxy) is 1. The van der Waals surface area contributed by atoms with Crippen LogP contribution >= 0.6 is 0 Å². The van der Waals surface area contributed by atoms with Crippen LogP contribution in [0.2, 0.25) is 0 Å². The topological polar surface area (TPSA) is 26.3 Å². The third-order valence-electron chi connectivity index (χ3n) is 3.68. The zero-order chi connectivity index (χ0) is 14.2. The molecule has 1 saturated carbocycles. The monoisotopic (exact) mass is 256 g/mol. The molecule has 2 heteroatoms. The molecule has 0 aromatic heterocycles. The maximum Gasteiger partial charge on any atom is 0.312 e. The van der Waals surface area contributed by atoms with Crippen molar-refractivity contribution in [2.24, 2.45) is 5.41 Å². The van der Waals surface area contributed by atoms with Crippen LogP contribution < -0.4 is 0 Å². The fourth-order valence-electron chi connectivity index (χ4n) is 2.49. The number of esters is 1. The molecular weight excluding hydrogens is 224 g/mol. The summed E-state index contributed by atoms with van der Waals surface area (Å²) in [4.78, 5) is 12.1. The molecule has 0 radical (unpaired) electrons. The molecule has 0 aromatic rings. The molecule has 0 unspecified atom stereocenters. The first-order valence-electron chi connectivity index (χ1n) is 7.63. The van der Waals surface area contributed by atoms with Crippen molar-refractivity contribution in [3.63, 3.8) is 0 Å². The van der Waals surface area contributed by atoms with Crippen molar-refractivity contribution in [2.45, 2.75) is 92.1 Å². The lowest BCUT2D eigenvalue weighted by Crippen LogP contribution is -2.39. The van der Waals surface area contributed by atoms with Crippen LogP contribution in [0.25, 0.3) is 0 Å². The first-order chi connectivity index (χ1) is 8.40. The Bertz CT molecular complexity index is 237. The van der Waals surface area contributed by atoms with Crippen LogP contribution in [0.3, 0.4) is 0 Å². The van der Waals surface area contributed by atoms with E-state index in [1.54, 1.807) is 0 Å². The van der Waals surface area contributed by atoms with Crippen molar-refractivity contribution in [3.8, 4) is 0 Å². The van der Waals surface area contributed by atoms with E-state index in [4.69, 9.17) is 4.74 Å². The second-order valence-electron chi connectivity index (χ2n) is 6.03. The van der Waals surface area contributed by atoms with Gasteiger partial charge >= 0.3 is 5.97 Å². The van der Waals surface area contributed by atoms with Crippen LogP contribution in [0, 0.1) is 5.41 Å². The minimum Gasteiger partial charge on any atom is -0.459 e. The lowest BCUT2D eigenvalue weighted by atomic mass is 9.84. The Labute approximate surface area is 113 Å². The van der Waals surface area contributed by atoms with Gasteiger partial charge in [0.15, 0.2) is 0 Å². The molecule has 1 fully saturated rings. The van der Waals surface area contributed by atoms with Gasteiger partial charge in [0.05, 0.1) is 5.41 Å². The highest BCUT2D eigenvalue weighted by molar-refractivity contribution is 5.76. The van der Waals surface area contributed by atoms with Crippen molar-refractivity contribution >= 4 is 5.97 Å². The number of hydrogen-bond donors (Lipinski definition) is 0. The zero-order valence-electron chi connectivity index (χ0n) is 13.3. The number of carbonyl (C=O) groups excluding carboxylic acids is 1. The molecule has 0 saturated heterocycles. The maximum absolute atomic E-state index is 12.1. The average molecular weight is 256 g/mol. The average Bonchev–Trinajstić information content (AvgIpc) is 2.32. The number of hydrogen-bond acceptors (Lipinski definition) is 2. The highest BCUT2D eigenvalue weighted by atomic mass is 16.6. The van der Waals surface area contributed by atoms with Crippen molar-refractivity contribution in [1.29, 1.82) is 0 Å². The van der Waals surface area contributed by atoms with Crippen molar-refractivity contribution in [3.05, 3.63) is 0 Å². The van der Waals surface area contributed by atoms with Gasteiger partial charge in [-0.15, -0.1) is 0 Å². The van der Waals surface area contributed by atoms with Crippen LogP contribution in [0.4, 0.5) is 0 Å². The molecule has 0 bridgehead atoms. The molecule has 1 rings (SSSR count). The maximum atomic E-state index is 12.1. The molecule has 0 heterocycles. The lowest BCUT2D eigenvalue weighted by molar-refractivity contribution is -0.172. The van der Waals surface area contributed by atoms with E-state index in [0.29, 0.717) is 0 Å². The highest BCUT2D eigenvalue weighted by Crippen LogP contribution is 2.34. The molecular formula is C16H32O2. The summed E-state index contributed by atoms with van der Waals surface area (Å²) in [5.74, 6) is -0.0150. The normalized spacial score (nSPS) is 18.6. The minimum atomic E-state index is -0.324. The van der Waals surface area contributed by atoms with Crippen LogP contribution in [-0.4, -0.2) is 11.6 Å². The van der Waals surface area contributed by atoms with Crippen molar-refractivity contribution in [1.82, 2.24) is 0 Å². The molecule has 0 aromatic carbocycles. The zero-order valence-corrected chi connectivity index (χ0v) is 13.3. The van der Waals surface area contributed by atoms with Gasteiger partial charge in [-0.25, -0.2) is 0 Å². The Kier molecular flexibility index (Phi) is 7.58.